The average Bonchev–Trinajstić information content (AvgIpc) is 2.47. The minimum absolute atomic E-state index is 0.0676. The number of carboxylic acid groups (broad SMARTS) is 1. The van der Waals surface area contributed by atoms with Gasteiger partial charge in [-0.2, -0.15) is 5.26 Å². The predicted octanol–water partition coefficient (Wildman–Crippen LogP) is 1.30. The van der Waals surface area contributed by atoms with Crippen LogP contribution in [-0.4, -0.2) is 27.0 Å². The Hall–Kier alpha value is -3.27. The van der Waals surface area contributed by atoms with Crippen molar-refractivity contribution in [2.24, 2.45) is 0 Å². The SMILES string of the molecule is N#Cc1ccc(C(=O)Nc2cnccc2C(=O)O)nc1. The Labute approximate surface area is 113 Å². The molecule has 0 aliphatic rings. The number of hydrogen-bond acceptors (Lipinski definition) is 5. The van der Waals surface area contributed by atoms with Crippen LogP contribution in [0.5, 0.6) is 0 Å². The maximum absolute atomic E-state index is 11.9. The van der Waals surface area contributed by atoms with Crippen molar-refractivity contribution < 1.29 is 14.7 Å². The van der Waals surface area contributed by atoms with Gasteiger partial charge in [0.15, 0.2) is 0 Å². The molecular formula is C13H8N4O3. The number of nitrogens with zero attached hydrogens (tertiary/aromatic N) is 3. The second-order valence-corrected chi connectivity index (χ2v) is 3.72. The molecule has 0 saturated carbocycles. The van der Waals surface area contributed by atoms with Crippen molar-refractivity contribution in [1.29, 1.82) is 5.26 Å². The Morgan fingerprint density at radius 2 is 2.05 bits per heavy atom. The van der Waals surface area contributed by atoms with Crippen LogP contribution in [-0.2, 0) is 0 Å². The Morgan fingerprint density at radius 1 is 1.25 bits per heavy atom. The number of hydrogen-bond donors (Lipinski definition) is 2. The van der Waals surface area contributed by atoms with Crippen LogP contribution in [0.25, 0.3) is 0 Å². The first-order chi connectivity index (χ1) is 9.61. The molecule has 0 bridgehead atoms. The normalized spacial score (nSPS) is 9.55. The van der Waals surface area contributed by atoms with Crippen LogP contribution in [0.3, 0.4) is 0 Å². The molecule has 0 aliphatic carbocycles. The molecule has 0 aromatic carbocycles. The van der Waals surface area contributed by atoms with Crippen LogP contribution >= 0.6 is 0 Å². The molecule has 0 unspecified atom stereocenters. The zero-order valence-corrected chi connectivity index (χ0v) is 10.1. The van der Waals surface area contributed by atoms with Gasteiger partial charge in [0.05, 0.1) is 23.0 Å². The Kier molecular flexibility index (Phi) is 3.67. The first kappa shape index (κ1) is 13.2. The number of pyridine rings is 2. The summed E-state index contributed by atoms with van der Waals surface area (Å²) in [6.07, 6.45) is 3.82. The van der Waals surface area contributed by atoms with E-state index in [1.54, 1.807) is 0 Å². The van der Waals surface area contributed by atoms with Crippen molar-refractivity contribution in [2.45, 2.75) is 0 Å². The van der Waals surface area contributed by atoms with Gasteiger partial charge in [-0.15, -0.1) is 0 Å². The van der Waals surface area contributed by atoms with Crippen LogP contribution in [0.4, 0.5) is 5.69 Å². The van der Waals surface area contributed by atoms with E-state index < -0.39 is 11.9 Å². The lowest BCUT2D eigenvalue weighted by molar-refractivity contribution is 0.0698. The van der Waals surface area contributed by atoms with Gasteiger partial charge in [-0.3, -0.25) is 9.78 Å². The highest BCUT2D eigenvalue weighted by Gasteiger charge is 2.14. The van der Waals surface area contributed by atoms with E-state index in [1.807, 2.05) is 6.07 Å². The van der Waals surface area contributed by atoms with Gasteiger partial charge in [-0.05, 0) is 18.2 Å². The highest BCUT2D eigenvalue weighted by Crippen LogP contribution is 2.14. The second kappa shape index (κ2) is 5.58. The number of carboxylic acids is 1. The highest BCUT2D eigenvalue weighted by molar-refractivity contribution is 6.06. The van der Waals surface area contributed by atoms with E-state index in [4.69, 9.17) is 10.4 Å². The molecule has 7 nitrogen and oxygen atoms in total. The number of amides is 1. The third-order valence-corrected chi connectivity index (χ3v) is 2.42. The minimum atomic E-state index is -1.17. The van der Waals surface area contributed by atoms with Gasteiger partial charge in [0, 0.05) is 12.4 Å². The summed E-state index contributed by atoms with van der Waals surface area (Å²) in [5.41, 5.74) is 0.413. The van der Waals surface area contributed by atoms with Crippen LogP contribution in [0.2, 0.25) is 0 Å². The number of anilines is 1. The lowest BCUT2D eigenvalue weighted by Gasteiger charge is -2.07. The highest BCUT2D eigenvalue weighted by atomic mass is 16.4. The topological polar surface area (TPSA) is 116 Å². The zero-order valence-electron chi connectivity index (χ0n) is 10.1. The van der Waals surface area contributed by atoms with Crippen molar-refractivity contribution in [3.63, 3.8) is 0 Å². The van der Waals surface area contributed by atoms with Crippen LogP contribution in [0.1, 0.15) is 26.4 Å². The summed E-state index contributed by atoms with van der Waals surface area (Å²) >= 11 is 0. The molecular weight excluding hydrogens is 260 g/mol. The minimum Gasteiger partial charge on any atom is -0.478 e. The lowest BCUT2D eigenvalue weighted by Crippen LogP contribution is -2.16. The van der Waals surface area contributed by atoms with Gasteiger partial charge in [-0.1, -0.05) is 0 Å². The molecule has 2 aromatic heterocycles. The standard InChI is InChI=1S/C13H8N4O3/c14-5-8-1-2-10(16-6-8)12(18)17-11-7-15-4-3-9(11)13(19)20/h1-4,6-7H,(H,17,18)(H,19,20). The third kappa shape index (κ3) is 2.76. The summed E-state index contributed by atoms with van der Waals surface area (Å²) in [5, 5.41) is 20.0. The van der Waals surface area contributed by atoms with Crippen molar-refractivity contribution in [3.8, 4) is 6.07 Å². The van der Waals surface area contributed by atoms with Crippen LogP contribution < -0.4 is 5.32 Å². The summed E-state index contributed by atoms with van der Waals surface area (Å²) in [6, 6.07) is 5.99. The van der Waals surface area contributed by atoms with Crippen molar-refractivity contribution in [3.05, 3.63) is 53.6 Å². The molecule has 0 aliphatic heterocycles. The second-order valence-electron chi connectivity index (χ2n) is 3.72. The molecule has 98 valence electrons. The summed E-state index contributed by atoms with van der Waals surface area (Å²) < 4.78 is 0. The van der Waals surface area contributed by atoms with Crippen molar-refractivity contribution >= 4 is 17.6 Å². The fraction of sp³-hybridized carbons (Fsp3) is 0. The fourth-order valence-corrected chi connectivity index (χ4v) is 1.46. The van der Waals surface area contributed by atoms with E-state index in [-0.39, 0.29) is 16.9 Å². The number of nitrogens with one attached hydrogen (secondary N) is 1. The van der Waals surface area contributed by atoms with Crippen LogP contribution in [0.15, 0.2) is 36.8 Å². The van der Waals surface area contributed by atoms with Crippen LogP contribution in [0, 0.1) is 11.3 Å². The maximum Gasteiger partial charge on any atom is 0.337 e. The molecule has 2 heterocycles. The van der Waals surface area contributed by atoms with E-state index in [0.717, 1.165) is 0 Å². The van der Waals surface area contributed by atoms with E-state index in [0.29, 0.717) is 5.56 Å². The molecule has 0 spiro atoms. The monoisotopic (exact) mass is 268 g/mol. The summed E-state index contributed by atoms with van der Waals surface area (Å²) in [4.78, 5) is 30.5. The van der Waals surface area contributed by atoms with E-state index in [9.17, 15) is 9.59 Å². The van der Waals surface area contributed by atoms with Crippen molar-refractivity contribution in [2.75, 3.05) is 5.32 Å². The molecule has 7 heteroatoms. The average molecular weight is 268 g/mol. The van der Waals surface area contributed by atoms with Gasteiger partial charge in [0.1, 0.15) is 11.8 Å². The smallest absolute Gasteiger partial charge is 0.337 e. The van der Waals surface area contributed by atoms with E-state index in [2.05, 4.69) is 15.3 Å². The van der Waals surface area contributed by atoms with Crippen molar-refractivity contribution in [1.82, 2.24) is 9.97 Å². The quantitative estimate of drug-likeness (QED) is 0.866. The number of carbonyl (C=O) groups excluding carboxylic acids is 1. The predicted molar refractivity (Wildman–Crippen MR) is 68.1 cm³/mol. The Balaban J connectivity index is 2.23. The third-order valence-electron chi connectivity index (χ3n) is 2.42. The number of aromatic carboxylic acids is 1. The van der Waals surface area contributed by atoms with E-state index >= 15 is 0 Å². The number of rotatable bonds is 3. The molecule has 2 N–H and O–H groups in total. The Morgan fingerprint density at radius 3 is 2.65 bits per heavy atom. The molecule has 0 fully saturated rings. The summed E-state index contributed by atoms with van der Waals surface area (Å²) in [6.45, 7) is 0. The summed E-state index contributed by atoms with van der Waals surface area (Å²) in [7, 11) is 0. The molecule has 20 heavy (non-hydrogen) atoms. The first-order valence-corrected chi connectivity index (χ1v) is 5.46. The number of nitriles is 1. The molecule has 1 amide bonds. The molecule has 0 atom stereocenters. The van der Waals surface area contributed by atoms with E-state index in [1.165, 1.54) is 36.8 Å². The molecule has 2 rings (SSSR count). The van der Waals surface area contributed by atoms with Gasteiger partial charge >= 0.3 is 5.97 Å². The van der Waals surface area contributed by atoms with Gasteiger partial charge in [0.2, 0.25) is 0 Å². The Bertz CT molecular complexity index is 704. The van der Waals surface area contributed by atoms with Gasteiger partial charge in [-0.25, -0.2) is 9.78 Å². The van der Waals surface area contributed by atoms with Gasteiger partial charge < -0.3 is 10.4 Å². The zero-order chi connectivity index (χ0) is 14.5. The first-order valence-electron chi connectivity index (χ1n) is 5.46. The van der Waals surface area contributed by atoms with Gasteiger partial charge in [0.25, 0.3) is 5.91 Å². The fourth-order valence-electron chi connectivity index (χ4n) is 1.46. The number of carbonyl (C=O) groups is 2. The summed E-state index contributed by atoms with van der Waals surface area (Å²) in [5.74, 6) is -1.75. The largest absolute Gasteiger partial charge is 0.478 e. The maximum atomic E-state index is 11.9. The molecule has 0 saturated heterocycles. The number of aromatic nitrogens is 2. The molecule has 0 radical (unpaired) electrons. The lowest BCUT2D eigenvalue weighted by atomic mass is 10.2. The molecule has 2 aromatic rings.